The third-order valence-electron chi connectivity index (χ3n) is 6.20. The van der Waals surface area contributed by atoms with Crippen molar-refractivity contribution in [2.24, 2.45) is 0 Å². The van der Waals surface area contributed by atoms with Gasteiger partial charge in [-0.05, 0) is 84.9 Å². The minimum Gasteiger partial charge on any atom is -0.497 e. The Morgan fingerprint density at radius 1 is 0.838 bits per heavy atom. The van der Waals surface area contributed by atoms with Crippen molar-refractivity contribution in [1.29, 1.82) is 0 Å². The van der Waals surface area contributed by atoms with Crippen LogP contribution in [-0.2, 0) is 16.0 Å². The van der Waals surface area contributed by atoms with Crippen molar-refractivity contribution < 1.29 is 23.8 Å². The highest BCUT2D eigenvalue weighted by molar-refractivity contribution is 7.80. The molecule has 2 amide bonds. The standard InChI is InChI=1S/C28H29N3O5S/c1-34-22-10-4-19(5-11-22)16-17-30-25(18-26(32)29-20-6-12-23(35-2)13-7-20)27(33)31(28(30)37)21-8-14-24(36-3)15-9-21/h4-15,25H,16-18H2,1-3H3,(H,29,32). The number of nitrogens with zero attached hydrogens (tertiary/aromatic N) is 2. The second kappa shape index (κ2) is 11.7. The molecule has 0 spiro atoms. The lowest BCUT2D eigenvalue weighted by Crippen LogP contribution is -2.39. The van der Waals surface area contributed by atoms with Gasteiger partial charge in [-0.15, -0.1) is 0 Å². The van der Waals surface area contributed by atoms with Crippen LogP contribution in [0.2, 0.25) is 0 Å². The number of ether oxygens (including phenoxy) is 3. The van der Waals surface area contributed by atoms with Crippen molar-refractivity contribution in [3.05, 3.63) is 78.4 Å². The molecule has 3 aromatic carbocycles. The van der Waals surface area contributed by atoms with Gasteiger partial charge in [0.2, 0.25) is 5.91 Å². The summed E-state index contributed by atoms with van der Waals surface area (Å²) in [5.74, 6) is 1.61. The number of anilines is 2. The Labute approximate surface area is 221 Å². The van der Waals surface area contributed by atoms with E-state index >= 15 is 0 Å². The fraction of sp³-hybridized carbons (Fsp3) is 0.250. The number of rotatable bonds is 10. The molecule has 0 bridgehead atoms. The number of carbonyl (C=O) groups excluding carboxylic acids is 2. The molecule has 192 valence electrons. The van der Waals surface area contributed by atoms with Gasteiger partial charge in [0, 0.05) is 12.2 Å². The molecule has 1 unspecified atom stereocenters. The number of nitrogens with one attached hydrogen (secondary N) is 1. The van der Waals surface area contributed by atoms with Gasteiger partial charge >= 0.3 is 0 Å². The summed E-state index contributed by atoms with van der Waals surface area (Å²) in [7, 11) is 4.79. The average molecular weight is 520 g/mol. The number of hydrogen-bond acceptors (Lipinski definition) is 6. The summed E-state index contributed by atoms with van der Waals surface area (Å²) in [6.45, 7) is 0.476. The smallest absolute Gasteiger partial charge is 0.256 e. The largest absolute Gasteiger partial charge is 0.497 e. The SMILES string of the molecule is COc1ccc(CCN2C(=S)N(c3ccc(OC)cc3)C(=O)C2CC(=O)Nc2ccc(OC)cc2)cc1. The zero-order valence-corrected chi connectivity index (χ0v) is 21.8. The van der Waals surface area contributed by atoms with Crippen LogP contribution in [0.5, 0.6) is 17.2 Å². The topological polar surface area (TPSA) is 80.3 Å². The molecular weight excluding hydrogens is 490 g/mol. The lowest BCUT2D eigenvalue weighted by Gasteiger charge is -2.24. The first kappa shape index (κ1) is 26.0. The molecule has 4 rings (SSSR count). The van der Waals surface area contributed by atoms with Crippen LogP contribution in [0, 0.1) is 0 Å². The van der Waals surface area contributed by atoms with Gasteiger partial charge in [-0.3, -0.25) is 14.5 Å². The van der Waals surface area contributed by atoms with Crippen molar-refractivity contribution in [3.8, 4) is 17.2 Å². The number of methoxy groups -OCH3 is 3. The van der Waals surface area contributed by atoms with Gasteiger partial charge in [0.25, 0.3) is 5.91 Å². The van der Waals surface area contributed by atoms with E-state index < -0.39 is 6.04 Å². The van der Waals surface area contributed by atoms with Gasteiger partial charge < -0.3 is 24.4 Å². The zero-order chi connectivity index (χ0) is 26.4. The monoisotopic (exact) mass is 519 g/mol. The van der Waals surface area contributed by atoms with Gasteiger partial charge in [-0.2, -0.15) is 0 Å². The number of benzene rings is 3. The van der Waals surface area contributed by atoms with E-state index in [-0.39, 0.29) is 18.2 Å². The van der Waals surface area contributed by atoms with E-state index in [1.54, 1.807) is 69.9 Å². The minimum absolute atomic E-state index is 0.0414. The van der Waals surface area contributed by atoms with Crippen LogP contribution < -0.4 is 24.4 Å². The van der Waals surface area contributed by atoms with E-state index in [1.807, 2.05) is 29.2 Å². The molecule has 1 fully saturated rings. The van der Waals surface area contributed by atoms with E-state index in [1.165, 1.54) is 4.90 Å². The maximum absolute atomic E-state index is 13.6. The number of hydrogen-bond donors (Lipinski definition) is 1. The Kier molecular flexibility index (Phi) is 8.25. The molecule has 1 heterocycles. The van der Waals surface area contributed by atoms with E-state index in [0.717, 1.165) is 11.3 Å². The van der Waals surface area contributed by atoms with E-state index in [9.17, 15) is 9.59 Å². The summed E-state index contributed by atoms with van der Waals surface area (Å²) in [4.78, 5) is 29.9. The molecule has 3 aromatic rings. The highest BCUT2D eigenvalue weighted by atomic mass is 32.1. The fourth-order valence-corrected chi connectivity index (χ4v) is 4.57. The fourth-order valence-electron chi connectivity index (χ4n) is 4.16. The quantitative estimate of drug-likeness (QED) is 0.401. The van der Waals surface area contributed by atoms with Crippen LogP contribution in [0.15, 0.2) is 72.8 Å². The van der Waals surface area contributed by atoms with Crippen LogP contribution in [-0.4, -0.2) is 55.7 Å². The molecule has 1 aliphatic heterocycles. The predicted octanol–water partition coefficient (Wildman–Crippen LogP) is 4.29. The first-order chi connectivity index (χ1) is 17.9. The van der Waals surface area contributed by atoms with Crippen molar-refractivity contribution in [1.82, 2.24) is 4.90 Å². The van der Waals surface area contributed by atoms with E-state index in [2.05, 4.69) is 5.32 Å². The summed E-state index contributed by atoms with van der Waals surface area (Å²) in [5.41, 5.74) is 2.32. The molecule has 1 saturated heterocycles. The lowest BCUT2D eigenvalue weighted by molar-refractivity contribution is -0.124. The van der Waals surface area contributed by atoms with Crippen molar-refractivity contribution in [3.63, 3.8) is 0 Å². The van der Waals surface area contributed by atoms with Crippen LogP contribution in [0.25, 0.3) is 0 Å². The first-order valence-electron chi connectivity index (χ1n) is 11.8. The zero-order valence-electron chi connectivity index (χ0n) is 21.0. The second-order valence-electron chi connectivity index (χ2n) is 8.44. The number of amides is 2. The van der Waals surface area contributed by atoms with Crippen LogP contribution >= 0.6 is 12.2 Å². The summed E-state index contributed by atoms with van der Waals surface area (Å²) < 4.78 is 15.6. The summed E-state index contributed by atoms with van der Waals surface area (Å²) >= 11 is 5.76. The molecule has 1 aliphatic rings. The van der Waals surface area contributed by atoms with E-state index in [0.29, 0.717) is 41.0 Å². The average Bonchev–Trinajstić information content (AvgIpc) is 3.16. The minimum atomic E-state index is -0.730. The number of carbonyl (C=O) groups is 2. The Morgan fingerprint density at radius 3 is 1.89 bits per heavy atom. The van der Waals surface area contributed by atoms with Gasteiger partial charge in [0.05, 0.1) is 33.4 Å². The maximum atomic E-state index is 13.6. The molecule has 9 heteroatoms. The molecule has 1 atom stereocenters. The predicted molar refractivity (Wildman–Crippen MR) is 147 cm³/mol. The van der Waals surface area contributed by atoms with Crippen LogP contribution in [0.3, 0.4) is 0 Å². The van der Waals surface area contributed by atoms with Gasteiger partial charge in [-0.1, -0.05) is 12.1 Å². The van der Waals surface area contributed by atoms with Crippen molar-refractivity contribution in [2.75, 3.05) is 38.1 Å². The van der Waals surface area contributed by atoms with Gasteiger partial charge in [0.1, 0.15) is 23.3 Å². The maximum Gasteiger partial charge on any atom is 0.256 e. The Hall–Kier alpha value is -4.11. The second-order valence-corrected chi connectivity index (χ2v) is 8.81. The van der Waals surface area contributed by atoms with Crippen LogP contribution in [0.1, 0.15) is 12.0 Å². The molecule has 8 nitrogen and oxygen atoms in total. The van der Waals surface area contributed by atoms with Crippen LogP contribution in [0.4, 0.5) is 11.4 Å². The Bertz CT molecular complexity index is 1250. The Morgan fingerprint density at radius 2 is 1.35 bits per heavy atom. The Balaban J connectivity index is 1.53. The van der Waals surface area contributed by atoms with Crippen molar-refractivity contribution >= 4 is 40.5 Å². The molecular formula is C28H29N3O5S. The molecule has 37 heavy (non-hydrogen) atoms. The van der Waals surface area contributed by atoms with E-state index in [4.69, 9.17) is 26.4 Å². The first-order valence-corrected chi connectivity index (χ1v) is 12.2. The molecule has 0 aromatic heterocycles. The molecule has 0 saturated carbocycles. The lowest BCUT2D eigenvalue weighted by atomic mass is 10.1. The highest BCUT2D eigenvalue weighted by Gasteiger charge is 2.43. The molecule has 1 N–H and O–H groups in total. The summed E-state index contributed by atoms with van der Waals surface area (Å²) in [6, 6.07) is 21.2. The third kappa shape index (κ3) is 6.00. The number of thiocarbonyl (C=S) groups is 1. The normalized spacial score (nSPS) is 15.1. The third-order valence-corrected chi connectivity index (χ3v) is 6.62. The van der Waals surface area contributed by atoms with Gasteiger partial charge in [-0.25, -0.2) is 0 Å². The molecule has 0 aliphatic carbocycles. The highest BCUT2D eigenvalue weighted by Crippen LogP contribution is 2.29. The summed E-state index contributed by atoms with van der Waals surface area (Å²) in [6.07, 6.45) is 0.602. The molecule has 0 radical (unpaired) electrons. The van der Waals surface area contributed by atoms with Gasteiger partial charge in [0.15, 0.2) is 5.11 Å². The summed E-state index contributed by atoms with van der Waals surface area (Å²) in [5, 5.41) is 3.23. The van der Waals surface area contributed by atoms with Crippen molar-refractivity contribution in [2.45, 2.75) is 18.9 Å².